The molecule has 7 nitrogen and oxygen atoms in total. The van der Waals surface area contributed by atoms with Crippen LogP contribution in [0, 0.1) is 0 Å². The Kier molecular flexibility index (Phi) is 4.15. The minimum atomic E-state index is -0.534. The number of rotatable bonds is 5. The Hall–Kier alpha value is -1.02. The van der Waals surface area contributed by atoms with Crippen LogP contribution < -0.4 is 0 Å². The first kappa shape index (κ1) is 12.1. The van der Waals surface area contributed by atoms with Crippen LogP contribution in [0.2, 0.25) is 0 Å². The van der Waals surface area contributed by atoms with Crippen molar-refractivity contribution in [3.8, 4) is 0 Å². The predicted molar refractivity (Wildman–Crippen MR) is 51.8 cm³/mol. The molecule has 0 fully saturated rings. The molecule has 2 amide bonds. The summed E-state index contributed by atoms with van der Waals surface area (Å²) in [6.07, 6.45) is 1.41. The molecule has 0 aromatic heterocycles. The van der Waals surface area contributed by atoms with E-state index in [-0.39, 0.29) is 6.67 Å². The average Bonchev–Trinajstić information content (AvgIpc) is 2.28. The van der Waals surface area contributed by atoms with Gasteiger partial charge in [0.25, 0.3) is 0 Å². The standard InChI is InChI=1S/C8H16N3O4/c1-15-3-2-10-4-9-8(14)11(5-10,6-12)7-13/h4,12-13H,2-3,5-7H2,1H3/q+1. The molecule has 86 valence electrons. The van der Waals surface area contributed by atoms with Crippen molar-refractivity contribution in [3.05, 3.63) is 0 Å². The lowest BCUT2D eigenvalue weighted by Gasteiger charge is -2.36. The molecule has 0 spiro atoms. The average molecular weight is 218 g/mol. The van der Waals surface area contributed by atoms with Crippen LogP contribution in [0.3, 0.4) is 0 Å². The largest absolute Gasteiger partial charge is 0.449 e. The number of methoxy groups -OCH3 is 1. The van der Waals surface area contributed by atoms with Gasteiger partial charge in [0.2, 0.25) is 0 Å². The van der Waals surface area contributed by atoms with E-state index in [0.29, 0.717) is 13.2 Å². The fourth-order valence-corrected chi connectivity index (χ4v) is 1.29. The van der Waals surface area contributed by atoms with Gasteiger partial charge in [-0.05, 0) is 0 Å². The zero-order chi connectivity index (χ0) is 11.3. The fourth-order valence-electron chi connectivity index (χ4n) is 1.29. The van der Waals surface area contributed by atoms with E-state index < -0.39 is 24.0 Å². The number of nitrogens with zero attached hydrogens (tertiary/aromatic N) is 3. The maximum Gasteiger partial charge on any atom is 0.449 e. The van der Waals surface area contributed by atoms with Gasteiger partial charge >= 0.3 is 6.03 Å². The molecule has 0 bridgehead atoms. The van der Waals surface area contributed by atoms with Gasteiger partial charge in [0.05, 0.1) is 6.61 Å². The molecule has 7 heteroatoms. The van der Waals surface area contributed by atoms with Gasteiger partial charge in [-0.2, -0.15) is 4.48 Å². The number of hydrogen-bond donors (Lipinski definition) is 2. The van der Waals surface area contributed by atoms with Crippen molar-refractivity contribution < 1.29 is 24.2 Å². The van der Waals surface area contributed by atoms with E-state index in [1.807, 2.05) is 0 Å². The van der Waals surface area contributed by atoms with Gasteiger partial charge in [0.15, 0.2) is 20.1 Å². The molecule has 0 saturated carbocycles. The highest BCUT2D eigenvalue weighted by atomic mass is 16.5. The number of urea groups is 1. The molecule has 0 unspecified atom stereocenters. The van der Waals surface area contributed by atoms with Gasteiger partial charge in [0, 0.05) is 13.7 Å². The topological polar surface area (TPSA) is 82.4 Å². The van der Waals surface area contributed by atoms with E-state index in [0.717, 1.165) is 0 Å². The van der Waals surface area contributed by atoms with Crippen LogP contribution in [-0.2, 0) is 4.74 Å². The van der Waals surface area contributed by atoms with Gasteiger partial charge in [0.1, 0.15) is 6.34 Å². The summed E-state index contributed by atoms with van der Waals surface area (Å²) in [5, 5.41) is 18.2. The van der Waals surface area contributed by atoms with Crippen molar-refractivity contribution in [1.82, 2.24) is 4.90 Å². The molecule has 1 aliphatic rings. The molecule has 15 heavy (non-hydrogen) atoms. The molecule has 0 radical (unpaired) electrons. The van der Waals surface area contributed by atoms with Crippen LogP contribution in [0.1, 0.15) is 0 Å². The van der Waals surface area contributed by atoms with E-state index in [1.54, 1.807) is 12.0 Å². The molecular formula is C8H16N3O4+. The maximum atomic E-state index is 11.4. The summed E-state index contributed by atoms with van der Waals surface area (Å²) in [7, 11) is 1.58. The van der Waals surface area contributed by atoms with Crippen molar-refractivity contribution in [2.75, 3.05) is 40.4 Å². The third kappa shape index (κ3) is 2.51. The van der Waals surface area contributed by atoms with Gasteiger partial charge in [-0.25, -0.2) is 4.79 Å². The lowest BCUT2D eigenvalue weighted by molar-refractivity contribution is -0.896. The SMILES string of the molecule is COCCN1C=NC(=O)[N+](CO)(CO)C1. The monoisotopic (exact) mass is 218 g/mol. The molecule has 1 heterocycles. The quantitative estimate of drug-likeness (QED) is 0.565. The highest BCUT2D eigenvalue weighted by molar-refractivity contribution is 5.79. The highest BCUT2D eigenvalue weighted by Crippen LogP contribution is 2.12. The van der Waals surface area contributed by atoms with Crippen molar-refractivity contribution in [2.24, 2.45) is 4.99 Å². The highest BCUT2D eigenvalue weighted by Gasteiger charge is 2.39. The number of carbonyl (C=O) groups is 1. The summed E-state index contributed by atoms with van der Waals surface area (Å²) in [5.41, 5.74) is 0. The lowest BCUT2D eigenvalue weighted by Crippen LogP contribution is -2.60. The Labute approximate surface area is 87.8 Å². The molecule has 0 aromatic rings. The number of quaternary nitrogens is 1. The van der Waals surface area contributed by atoms with Gasteiger partial charge in [-0.1, -0.05) is 0 Å². The van der Waals surface area contributed by atoms with E-state index in [1.165, 1.54) is 6.34 Å². The van der Waals surface area contributed by atoms with Crippen molar-refractivity contribution in [3.63, 3.8) is 0 Å². The minimum Gasteiger partial charge on any atom is -0.383 e. The van der Waals surface area contributed by atoms with Crippen LogP contribution in [0.15, 0.2) is 4.99 Å². The molecule has 1 aliphatic heterocycles. The summed E-state index contributed by atoms with van der Waals surface area (Å²) >= 11 is 0. The Morgan fingerprint density at radius 1 is 1.60 bits per heavy atom. The zero-order valence-corrected chi connectivity index (χ0v) is 8.67. The summed E-state index contributed by atoms with van der Waals surface area (Å²) in [5.74, 6) is 0. The van der Waals surface area contributed by atoms with Crippen LogP contribution in [-0.4, -0.2) is 72.4 Å². The fraction of sp³-hybridized carbons (Fsp3) is 0.750. The molecule has 2 N–H and O–H groups in total. The number of hydrogen-bond acceptors (Lipinski definition) is 5. The van der Waals surface area contributed by atoms with E-state index in [4.69, 9.17) is 14.9 Å². The number of ether oxygens (including phenoxy) is 1. The van der Waals surface area contributed by atoms with Crippen molar-refractivity contribution in [2.45, 2.75) is 0 Å². The minimum absolute atomic E-state index is 0.207. The zero-order valence-electron chi connectivity index (χ0n) is 8.67. The Balaban J connectivity index is 2.68. The summed E-state index contributed by atoms with van der Waals surface area (Å²) in [6, 6.07) is -0.534. The summed E-state index contributed by atoms with van der Waals surface area (Å²) < 4.78 is 4.41. The van der Waals surface area contributed by atoms with Crippen molar-refractivity contribution >= 4 is 12.4 Å². The van der Waals surface area contributed by atoms with Gasteiger partial charge < -0.3 is 19.8 Å². The second-order valence-electron chi connectivity index (χ2n) is 3.40. The number of carbonyl (C=O) groups excluding carboxylic acids is 1. The molecule has 0 aromatic carbocycles. The maximum absolute atomic E-state index is 11.4. The van der Waals surface area contributed by atoms with E-state index in [2.05, 4.69) is 4.99 Å². The molecule has 0 aliphatic carbocycles. The molecule has 1 rings (SSSR count). The summed E-state index contributed by atoms with van der Waals surface area (Å²) in [4.78, 5) is 16.7. The first-order valence-corrected chi connectivity index (χ1v) is 4.58. The van der Waals surface area contributed by atoms with Crippen LogP contribution in [0.25, 0.3) is 0 Å². The number of aliphatic imine (C=N–C) groups is 1. The third-order valence-electron chi connectivity index (χ3n) is 2.31. The molecular weight excluding hydrogens is 202 g/mol. The predicted octanol–water partition coefficient (Wildman–Crippen LogP) is -1.23. The van der Waals surface area contributed by atoms with Crippen LogP contribution in [0.4, 0.5) is 4.79 Å². The second-order valence-corrected chi connectivity index (χ2v) is 3.40. The molecule has 0 saturated heterocycles. The second kappa shape index (κ2) is 5.17. The number of aliphatic hydroxyl groups excluding tert-OH is 2. The Morgan fingerprint density at radius 3 is 2.80 bits per heavy atom. The van der Waals surface area contributed by atoms with E-state index in [9.17, 15) is 4.79 Å². The van der Waals surface area contributed by atoms with Crippen LogP contribution >= 0.6 is 0 Å². The lowest BCUT2D eigenvalue weighted by atomic mass is 10.5. The normalized spacial score (nSPS) is 19.7. The smallest absolute Gasteiger partial charge is 0.383 e. The van der Waals surface area contributed by atoms with Gasteiger partial charge in [-0.3, -0.25) is 0 Å². The number of amides is 2. The van der Waals surface area contributed by atoms with E-state index >= 15 is 0 Å². The summed E-state index contributed by atoms with van der Waals surface area (Å²) in [6.45, 7) is 0.343. The third-order valence-corrected chi connectivity index (χ3v) is 2.31. The first-order chi connectivity index (χ1) is 7.18. The van der Waals surface area contributed by atoms with Crippen molar-refractivity contribution in [1.29, 1.82) is 0 Å². The first-order valence-electron chi connectivity index (χ1n) is 4.58. The van der Waals surface area contributed by atoms with Crippen LogP contribution in [0.5, 0.6) is 0 Å². The Morgan fingerprint density at radius 2 is 2.27 bits per heavy atom. The molecule has 0 atom stereocenters. The Bertz CT molecular complexity index is 252. The number of aliphatic hydroxyl groups is 2. The van der Waals surface area contributed by atoms with Gasteiger partial charge in [-0.15, -0.1) is 4.99 Å².